The van der Waals surface area contributed by atoms with Crippen LogP contribution in [0.1, 0.15) is 32.2 Å². The zero-order valence-electron chi connectivity index (χ0n) is 12.5. The van der Waals surface area contributed by atoms with E-state index in [1.54, 1.807) is 13.0 Å². The SMILES string of the molecule is Cc1cc([N+](=O)[O-])ccc1-c1nnc(CNC(C)(C)C)o1. The first-order chi connectivity index (χ1) is 9.76. The van der Waals surface area contributed by atoms with Crippen LogP contribution in [-0.4, -0.2) is 20.7 Å². The molecule has 0 amide bonds. The maximum absolute atomic E-state index is 10.7. The second-order valence-electron chi connectivity index (χ2n) is 5.86. The van der Waals surface area contributed by atoms with Crippen molar-refractivity contribution < 1.29 is 9.34 Å². The van der Waals surface area contributed by atoms with Crippen LogP contribution in [0.2, 0.25) is 0 Å². The molecule has 0 radical (unpaired) electrons. The van der Waals surface area contributed by atoms with Crippen molar-refractivity contribution in [3.63, 3.8) is 0 Å². The van der Waals surface area contributed by atoms with Crippen molar-refractivity contribution >= 4 is 5.69 Å². The molecule has 0 aliphatic heterocycles. The molecule has 1 aromatic heterocycles. The van der Waals surface area contributed by atoms with E-state index < -0.39 is 4.92 Å². The van der Waals surface area contributed by atoms with Gasteiger partial charge in [0.25, 0.3) is 5.69 Å². The molecule has 0 aliphatic rings. The van der Waals surface area contributed by atoms with Gasteiger partial charge < -0.3 is 9.73 Å². The van der Waals surface area contributed by atoms with Crippen LogP contribution in [0, 0.1) is 17.0 Å². The molecule has 7 heteroatoms. The number of hydrogen-bond acceptors (Lipinski definition) is 6. The maximum Gasteiger partial charge on any atom is 0.269 e. The predicted molar refractivity (Wildman–Crippen MR) is 77.7 cm³/mol. The van der Waals surface area contributed by atoms with E-state index in [0.717, 1.165) is 5.56 Å². The third-order valence-corrected chi connectivity index (χ3v) is 2.89. The Balaban J connectivity index is 2.20. The minimum Gasteiger partial charge on any atom is -0.419 e. The third kappa shape index (κ3) is 3.85. The van der Waals surface area contributed by atoms with Crippen LogP contribution in [0.3, 0.4) is 0 Å². The van der Waals surface area contributed by atoms with E-state index in [2.05, 4.69) is 15.5 Å². The molecule has 0 saturated carbocycles. The van der Waals surface area contributed by atoms with Crippen molar-refractivity contribution in [1.82, 2.24) is 15.5 Å². The summed E-state index contributed by atoms with van der Waals surface area (Å²) in [6.07, 6.45) is 0. The van der Waals surface area contributed by atoms with Gasteiger partial charge in [0.15, 0.2) is 0 Å². The highest BCUT2D eigenvalue weighted by Crippen LogP contribution is 2.25. The van der Waals surface area contributed by atoms with Gasteiger partial charge in [-0.2, -0.15) is 0 Å². The highest BCUT2D eigenvalue weighted by Gasteiger charge is 2.16. The zero-order chi connectivity index (χ0) is 15.6. The van der Waals surface area contributed by atoms with E-state index in [1.165, 1.54) is 12.1 Å². The van der Waals surface area contributed by atoms with Crippen molar-refractivity contribution in [2.75, 3.05) is 0 Å². The minimum atomic E-state index is -0.427. The number of rotatable bonds is 4. The molecular formula is C14H18N4O3. The maximum atomic E-state index is 10.7. The topological polar surface area (TPSA) is 94.1 Å². The average molecular weight is 290 g/mol. The molecule has 0 saturated heterocycles. The lowest BCUT2D eigenvalue weighted by Gasteiger charge is -2.18. The Kier molecular flexibility index (Phi) is 4.04. The van der Waals surface area contributed by atoms with Gasteiger partial charge in [-0.1, -0.05) is 0 Å². The first kappa shape index (κ1) is 15.1. The summed E-state index contributed by atoms with van der Waals surface area (Å²) in [6.45, 7) is 8.39. The van der Waals surface area contributed by atoms with Gasteiger partial charge >= 0.3 is 0 Å². The minimum absolute atomic E-state index is 0.0437. The Morgan fingerprint density at radius 1 is 1.33 bits per heavy atom. The summed E-state index contributed by atoms with van der Waals surface area (Å²) in [5.41, 5.74) is 1.43. The molecule has 0 bridgehead atoms. The summed E-state index contributed by atoms with van der Waals surface area (Å²) in [5, 5.41) is 22.0. The Morgan fingerprint density at radius 2 is 2.05 bits per heavy atom. The van der Waals surface area contributed by atoms with Gasteiger partial charge in [-0.15, -0.1) is 10.2 Å². The summed E-state index contributed by atoms with van der Waals surface area (Å²) < 4.78 is 5.59. The van der Waals surface area contributed by atoms with Crippen LogP contribution in [0.4, 0.5) is 5.69 Å². The molecule has 1 N–H and O–H groups in total. The summed E-state index contributed by atoms with van der Waals surface area (Å²) in [5.74, 6) is 0.853. The van der Waals surface area contributed by atoms with E-state index in [1.807, 2.05) is 20.8 Å². The molecule has 112 valence electrons. The number of hydrogen-bond donors (Lipinski definition) is 1. The molecule has 7 nitrogen and oxygen atoms in total. The van der Waals surface area contributed by atoms with Gasteiger partial charge in [0.2, 0.25) is 11.8 Å². The Labute approximate surface area is 122 Å². The number of aryl methyl sites for hydroxylation is 1. The van der Waals surface area contributed by atoms with E-state index in [4.69, 9.17) is 4.42 Å². The van der Waals surface area contributed by atoms with Crippen LogP contribution >= 0.6 is 0 Å². The molecule has 2 rings (SSSR count). The van der Waals surface area contributed by atoms with Crippen LogP contribution in [-0.2, 0) is 6.54 Å². The molecule has 1 heterocycles. The second-order valence-corrected chi connectivity index (χ2v) is 5.86. The first-order valence-corrected chi connectivity index (χ1v) is 6.59. The number of nitrogens with one attached hydrogen (secondary N) is 1. The Bertz CT molecular complexity index is 658. The molecule has 21 heavy (non-hydrogen) atoms. The lowest BCUT2D eigenvalue weighted by Crippen LogP contribution is -2.35. The fourth-order valence-corrected chi connectivity index (χ4v) is 1.78. The average Bonchev–Trinajstić information content (AvgIpc) is 2.84. The largest absolute Gasteiger partial charge is 0.419 e. The third-order valence-electron chi connectivity index (χ3n) is 2.89. The molecule has 0 aliphatic carbocycles. The van der Waals surface area contributed by atoms with Crippen LogP contribution in [0.5, 0.6) is 0 Å². The monoisotopic (exact) mass is 290 g/mol. The van der Waals surface area contributed by atoms with Crippen molar-refractivity contribution in [3.8, 4) is 11.5 Å². The summed E-state index contributed by atoms with van der Waals surface area (Å²) in [4.78, 5) is 10.3. The number of nitrogens with zero attached hydrogens (tertiary/aromatic N) is 3. The number of benzene rings is 1. The van der Waals surface area contributed by atoms with E-state index in [0.29, 0.717) is 23.9 Å². The van der Waals surface area contributed by atoms with Gasteiger partial charge in [0, 0.05) is 23.2 Å². The molecule has 1 aromatic carbocycles. The van der Waals surface area contributed by atoms with Crippen molar-refractivity contribution in [3.05, 3.63) is 39.8 Å². The summed E-state index contributed by atoms with van der Waals surface area (Å²) >= 11 is 0. The predicted octanol–water partition coefficient (Wildman–Crippen LogP) is 2.84. The van der Waals surface area contributed by atoms with Gasteiger partial charge in [-0.25, -0.2) is 0 Å². The van der Waals surface area contributed by atoms with Gasteiger partial charge in [-0.05, 0) is 39.3 Å². The van der Waals surface area contributed by atoms with E-state index >= 15 is 0 Å². The number of aromatic nitrogens is 2. The molecule has 0 spiro atoms. The van der Waals surface area contributed by atoms with Crippen LogP contribution in [0.25, 0.3) is 11.5 Å². The van der Waals surface area contributed by atoms with E-state index in [-0.39, 0.29) is 11.2 Å². The number of non-ortho nitro benzene ring substituents is 1. The van der Waals surface area contributed by atoms with Gasteiger partial charge in [-0.3, -0.25) is 10.1 Å². The fraction of sp³-hybridized carbons (Fsp3) is 0.429. The second kappa shape index (κ2) is 5.61. The summed E-state index contributed by atoms with van der Waals surface area (Å²) in [6, 6.07) is 4.55. The van der Waals surface area contributed by atoms with Crippen LogP contribution < -0.4 is 5.32 Å². The first-order valence-electron chi connectivity index (χ1n) is 6.59. The van der Waals surface area contributed by atoms with Gasteiger partial charge in [0.1, 0.15) is 0 Å². The normalized spacial score (nSPS) is 11.6. The number of nitro benzene ring substituents is 1. The van der Waals surface area contributed by atoms with Crippen molar-refractivity contribution in [2.24, 2.45) is 0 Å². The standard InChI is InChI=1S/C14H18N4O3/c1-9-7-10(18(19)20)5-6-11(9)13-17-16-12(21-13)8-15-14(2,3)4/h5-7,15H,8H2,1-4H3. The molecule has 2 aromatic rings. The lowest BCUT2D eigenvalue weighted by molar-refractivity contribution is -0.384. The van der Waals surface area contributed by atoms with Crippen molar-refractivity contribution in [2.45, 2.75) is 39.8 Å². The van der Waals surface area contributed by atoms with Crippen LogP contribution in [0.15, 0.2) is 22.6 Å². The Hall–Kier alpha value is -2.28. The summed E-state index contributed by atoms with van der Waals surface area (Å²) in [7, 11) is 0. The quantitative estimate of drug-likeness (QED) is 0.687. The van der Waals surface area contributed by atoms with Crippen molar-refractivity contribution in [1.29, 1.82) is 0 Å². The lowest BCUT2D eigenvalue weighted by atomic mass is 10.1. The smallest absolute Gasteiger partial charge is 0.269 e. The zero-order valence-corrected chi connectivity index (χ0v) is 12.5. The number of nitro groups is 1. The highest BCUT2D eigenvalue weighted by molar-refractivity contribution is 5.60. The fourth-order valence-electron chi connectivity index (χ4n) is 1.78. The highest BCUT2D eigenvalue weighted by atomic mass is 16.6. The molecule has 0 atom stereocenters. The molecule has 0 unspecified atom stereocenters. The Morgan fingerprint density at radius 3 is 2.62 bits per heavy atom. The van der Waals surface area contributed by atoms with Gasteiger partial charge in [0.05, 0.1) is 11.5 Å². The van der Waals surface area contributed by atoms with E-state index in [9.17, 15) is 10.1 Å². The molecular weight excluding hydrogens is 272 g/mol. The molecule has 0 fully saturated rings.